The number of halogens is 1. The van der Waals surface area contributed by atoms with Crippen molar-refractivity contribution in [3.8, 4) is 17.2 Å². The summed E-state index contributed by atoms with van der Waals surface area (Å²) in [4.78, 5) is 16.3. The van der Waals surface area contributed by atoms with Crippen molar-refractivity contribution in [3.05, 3.63) is 83.4 Å². The maximum Gasteiger partial charge on any atom is 0.337 e. The molecule has 31 heavy (non-hydrogen) atoms. The molecule has 0 bridgehead atoms. The zero-order valence-electron chi connectivity index (χ0n) is 17.4. The SMILES string of the molecule is COC(=O)c1cccc(OCc2nc3ccc(Oc4ccc(F)cc4C)cc3n2C)c1. The molecular weight excluding hydrogens is 399 g/mol. The summed E-state index contributed by atoms with van der Waals surface area (Å²) in [6, 6.07) is 16.8. The van der Waals surface area contributed by atoms with Crippen LogP contribution in [-0.4, -0.2) is 22.6 Å². The Morgan fingerprint density at radius 1 is 1.06 bits per heavy atom. The van der Waals surface area contributed by atoms with E-state index in [1.807, 2.05) is 29.8 Å². The molecule has 0 saturated carbocycles. The van der Waals surface area contributed by atoms with Crippen molar-refractivity contribution in [3.63, 3.8) is 0 Å². The van der Waals surface area contributed by atoms with Gasteiger partial charge in [0.2, 0.25) is 0 Å². The molecule has 0 saturated heterocycles. The van der Waals surface area contributed by atoms with Crippen LogP contribution in [0.25, 0.3) is 11.0 Å². The number of hydrogen-bond donors (Lipinski definition) is 0. The lowest BCUT2D eigenvalue weighted by Crippen LogP contribution is -2.05. The highest BCUT2D eigenvalue weighted by Gasteiger charge is 2.12. The molecule has 0 N–H and O–H groups in total. The Hall–Kier alpha value is -3.87. The third kappa shape index (κ3) is 4.35. The topological polar surface area (TPSA) is 62.6 Å². The van der Waals surface area contributed by atoms with E-state index >= 15 is 0 Å². The van der Waals surface area contributed by atoms with Gasteiger partial charge in [0.25, 0.3) is 0 Å². The second kappa shape index (κ2) is 8.47. The molecular formula is C24H21FN2O4. The van der Waals surface area contributed by atoms with E-state index in [1.165, 1.54) is 19.2 Å². The molecule has 0 spiro atoms. The van der Waals surface area contributed by atoms with Gasteiger partial charge in [0.15, 0.2) is 0 Å². The monoisotopic (exact) mass is 420 g/mol. The fraction of sp³-hybridized carbons (Fsp3) is 0.167. The molecule has 0 aliphatic carbocycles. The molecule has 0 radical (unpaired) electrons. The number of benzene rings is 3. The Morgan fingerprint density at radius 3 is 2.68 bits per heavy atom. The van der Waals surface area contributed by atoms with Crippen LogP contribution in [0.3, 0.4) is 0 Å². The summed E-state index contributed by atoms with van der Waals surface area (Å²) in [5, 5.41) is 0. The van der Waals surface area contributed by atoms with Crippen LogP contribution in [0.15, 0.2) is 60.7 Å². The number of methoxy groups -OCH3 is 1. The Bertz CT molecular complexity index is 1270. The van der Waals surface area contributed by atoms with E-state index < -0.39 is 5.97 Å². The largest absolute Gasteiger partial charge is 0.486 e. The van der Waals surface area contributed by atoms with E-state index in [0.717, 1.165) is 11.0 Å². The number of hydrogen-bond acceptors (Lipinski definition) is 5. The van der Waals surface area contributed by atoms with Gasteiger partial charge in [0.05, 0.1) is 23.7 Å². The summed E-state index contributed by atoms with van der Waals surface area (Å²) in [7, 11) is 3.23. The van der Waals surface area contributed by atoms with Gasteiger partial charge in [-0.15, -0.1) is 0 Å². The van der Waals surface area contributed by atoms with Crippen LogP contribution in [-0.2, 0) is 18.4 Å². The number of ether oxygens (including phenoxy) is 3. The number of aromatic nitrogens is 2. The Kier molecular flexibility index (Phi) is 5.58. The third-order valence-corrected chi connectivity index (χ3v) is 4.93. The highest BCUT2D eigenvalue weighted by Crippen LogP contribution is 2.28. The average Bonchev–Trinajstić information content (AvgIpc) is 3.09. The van der Waals surface area contributed by atoms with Gasteiger partial charge >= 0.3 is 5.97 Å². The third-order valence-electron chi connectivity index (χ3n) is 4.93. The van der Waals surface area contributed by atoms with Gasteiger partial charge in [-0.25, -0.2) is 14.2 Å². The molecule has 0 fully saturated rings. The van der Waals surface area contributed by atoms with E-state index in [9.17, 15) is 9.18 Å². The van der Waals surface area contributed by atoms with Crippen LogP contribution in [0.2, 0.25) is 0 Å². The standard InChI is InChI=1S/C24H21FN2O4/c1-15-11-17(25)7-10-22(15)31-19-8-9-20-21(13-19)27(2)23(26-20)14-30-18-6-4-5-16(12-18)24(28)29-3/h4-13H,14H2,1-3H3. The van der Waals surface area contributed by atoms with E-state index in [0.29, 0.717) is 34.2 Å². The van der Waals surface area contributed by atoms with Gasteiger partial charge in [-0.1, -0.05) is 6.07 Å². The van der Waals surface area contributed by atoms with E-state index in [1.54, 1.807) is 37.3 Å². The quantitative estimate of drug-likeness (QED) is 0.402. The highest BCUT2D eigenvalue weighted by atomic mass is 19.1. The predicted octanol–water partition coefficient (Wildman–Crippen LogP) is 5.18. The first kappa shape index (κ1) is 20.4. The van der Waals surface area contributed by atoms with Crippen molar-refractivity contribution in [2.45, 2.75) is 13.5 Å². The Labute approximate surface area is 178 Å². The minimum atomic E-state index is -0.419. The minimum absolute atomic E-state index is 0.225. The summed E-state index contributed by atoms with van der Waals surface area (Å²) < 4.78 is 31.7. The summed E-state index contributed by atoms with van der Waals surface area (Å²) in [5.41, 5.74) is 2.81. The van der Waals surface area contributed by atoms with Crippen LogP contribution in [0.4, 0.5) is 4.39 Å². The maximum atomic E-state index is 13.3. The molecule has 158 valence electrons. The number of rotatable bonds is 6. The molecule has 0 atom stereocenters. The Morgan fingerprint density at radius 2 is 1.90 bits per heavy atom. The molecule has 6 nitrogen and oxygen atoms in total. The fourth-order valence-electron chi connectivity index (χ4n) is 3.24. The molecule has 0 aliphatic rings. The predicted molar refractivity (Wildman–Crippen MR) is 114 cm³/mol. The number of esters is 1. The van der Waals surface area contributed by atoms with Crippen molar-refractivity contribution in [1.29, 1.82) is 0 Å². The molecule has 1 heterocycles. The molecule has 0 aliphatic heterocycles. The molecule has 4 aromatic rings. The molecule has 1 aromatic heterocycles. The van der Waals surface area contributed by atoms with Gasteiger partial charge in [-0.05, 0) is 61.0 Å². The van der Waals surface area contributed by atoms with Crippen LogP contribution in [0, 0.1) is 12.7 Å². The first-order chi connectivity index (χ1) is 14.9. The van der Waals surface area contributed by atoms with Crippen LogP contribution in [0.5, 0.6) is 17.2 Å². The van der Waals surface area contributed by atoms with Crippen molar-refractivity contribution in [2.24, 2.45) is 7.05 Å². The molecule has 4 rings (SSSR count). The van der Waals surface area contributed by atoms with Gasteiger partial charge in [0.1, 0.15) is 35.5 Å². The summed E-state index contributed by atoms with van der Waals surface area (Å²) in [6.07, 6.45) is 0. The molecule has 0 amide bonds. The van der Waals surface area contributed by atoms with Gasteiger partial charge in [-0.2, -0.15) is 0 Å². The molecule has 0 unspecified atom stereocenters. The van der Waals surface area contributed by atoms with Crippen molar-refractivity contribution >= 4 is 17.0 Å². The van der Waals surface area contributed by atoms with Gasteiger partial charge < -0.3 is 18.8 Å². The zero-order chi connectivity index (χ0) is 22.0. The number of imidazole rings is 1. The lowest BCUT2D eigenvalue weighted by atomic mass is 10.2. The summed E-state index contributed by atoms with van der Waals surface area (Å²) in [5.74, 6) is 1.77. The minimum Gasteiger partial charge on any atom is -0.486 e. The lowest BCUT2D eigenvalue weighted by molar-refractivity contribution is 0.0600. The van der Waals surface area contributed by atoms with Gasteiger partial charge in [-0.3, -0.25) is 0 Å². The van der Waals surface area contributed by atoms with Crippen LogP contribution >= 0.6 is 0 Å². The normalized spacial score (nSPS) is 10.8. The highest BCUT2D eigenvalue weighted by molar-refractivity contribution is 5.89. The smallest absolute Gasteiger partial charge is 0.337 e. The van der Waals surface area contributed by atoms with Crippen molar-refractivity contribution in [1.82, 2.24) is 9.55 Å². The average molecular weight is 420 g/mol. The molecule has 7 heteroatoms. The fourth-order valence-corrected chi connectivity index (χ4v) is 3.24. The van der Waals surface area contributed by atoms with Gasteiger partial charge in [0, 0.05) is 13.1 Å². The summed E-state index contributed by atoms with van der Waals surface area (Å²) in [6.45, 7) is 2.02. The Balaban J connectivity index is 1.53. The van der Waals surface area contributed by atoms with Crippen LogP contribution in [0.1, 0.15) is 21.7 Å². The van der Waals surface area contributed by atoms with Crippen molar-refractivity contribution < 1.29 is 23.4 Å². The molecule has 3 aromatic carbocycles. The zero-order valence-corrected chi connectivity index (χ0v) is 17.4. The first-order valence-corrected chi connectivity index (χ1v) is 9.65. The second-order valence-electron chi connectivity index (χ2n) is 7.06. The first-order valence-electron chi connectivity index (χ1n) is 9.65. The van der Waals surface area contributed by atoms with E-state index in [4.69, 9.17) is 14.2 Å². The number of fused-ring (bicyclic) bond motifs is 1. The van der Waals surface area contributed by atoms with Crippen LogP contribution < -0.4 is 9.47 Å². The van der Waals surface area contributed by atoms with Crippen molar-refractivity contribution in [2.75, 3.05) is 7.11 Å². The second-order valence-corrected chi connectivity index (χ2v) is 7.06. The lowest BCUT2D eigenvalue weighted by Gasteiger charge is -2.09. The van der Waals surface area contributed by atoms with E-state index in [-0.39, 0.29) is 12.4 Å². The van der Waals surface area contributed by atoms with E-state index in [2.05, 4.69) is 4.98 Å². The summed E-state index contributed by atoms with van der Waals surface area (Å²) >= 11 is 0. The number of aryl methyl sites for hydroxylation is 2. The number of carbonyl (C=O) groups excluding carboxylic acids is 1. The number of carbonyl (C=O) groups is 1. The maximum absolute atomic E-state index is 13.3. The number of nitrogens with zero attached hydrogens (tertiary/aromatic N) is 2.